The van der Waals surface area contributed by atoms with Crippen LogP contribution in [-0.4, -0.2) is 11.5 Å². The van der Waals surface area contributed by atoms with E-state index in [0.29, 0.717) is 0 Å². The highest BCUT2D eigenvalue weighted by Crippen LogP contribution is 2.22. The van der Waals surface area contributed by atoms with E-state index in [9.17, 15) is 0 Å². The average molecular weight is 232 g/mol. The number of thiophene rings is 1. The van der Waals surface area contributed by atoms with Crippen LogP contribution in [0.15, 0.2) is 41.2 Å². The first-order valence-corrected chi connectivity index (χ1v) is 6.52. The smallest absolute Gasteiger partial charge is 0.0759 e. The minimum atomic E-state index is 0.229. The van der Waals surface area contributed by atoms with E-state index < -0.39 is 0 Å². The molecule has 0 aromatic carbocycles. The van der Waals surface area contributed by atoms with Gasteiger partial charge >= 0.3 is 0 Å². The fourth-order valence-corrected chi connectivity index (χ4v) is 2.35. The maximum absolute atomic E-state index is 4.43. The number of rotatable bonds is 5. The number of hydrogen-bond acceptors (Lipinski definition) is 3. The average Bonchev–Trinajstić information content (AvgIpc) is 2.85. The van der Waals surface area contributed by atoms with Crippen LogP contribution in [0.25, 0.3) is 0 Å². The van der Waals surface area contributed by atoms with Gasteiger partial charge in [-0.2, -0.15) is 11.3 Å². The first-order valence-electron chi connectivity index (χ1n) is 5.58. The highest BCUT2D eigenvalue weighted by molar-refractivity contribution is 7.08. The molecule has 2 aromatic heterocycles. The summed E-state index contributed by atoms with van der Waals surface area (Å²) in [6.45, 7) is 3.19. The Labute approximate surface area is 100 Å². The van der Waals surface area contributed by atoms with Crippen molar-refractivity contribution in [2.45, 2.75) is 19.4 Å². The molecule has 0 fully saturated rings. The molecule has 2 nitrogen and oxygen atoms in total. The van der Waals surface area contributed by atoms with Crippen molar-refractivity contribution in [3.8, 4) is 0 Å². The quantitative estimate of drug-likeness (QED) is 0.856. The molecule has 0 spiro atoms. The molecule has 2 rings (SSSR count). The van der Waals surface area contributed by atoms with Gasteiger partial charge in [0.2, 0.25) is 0 Å². The summed E-state index contributed by atoms with van der Waals surface area (Å²) in [7, 11) is 0. The van der Waals surface area contributed by atoms with Crippen molar-refractivity contribution in [3.05, 3.63) is 52.5 Å². The third-order valence-electron chi connectivity index (χ3n) is 2.46. The lowest BCUT2D eigenvalue weighted by Crippen LogP contribution is -2.23. The Kier molecular flexibility index (Phi) is 4.08. The van der Waals surface area contributed by atoms with Crippen molar-refractivity contribution in [2.24, 2.45) is 0 Å². The van der Waals surface area contributed by atoms with Crippen LogP contribution in [0.1, 0.15) is 30.6 Å². The van der Waals surface area contributed by atoms with Crippen LogP contribution in [0.4, 0.5) is 0 Å². The van der Waals surface area contributed by atoms with Gasteiger partial charge in [0.1, 0.15) is 0 Å². The van der Waals surface area contributed by atoms with Gasteiger partial charge in [0.05, 0.1) is 11.7 Å². The van der Waals surface area contributed by atoms with E-state index in [-0.39, 0.29) is 6.04 Å². The number of aromatic nitrogens is 1. The second kappa shape index (κ2) is 5.77. The van der Waals surface area contributed by atoms with Crippen LogP contribution in [0, 0.1) is 0 Å². The Bertz CT molecular complexity index is 397. The second-order valence-corrected chi connectivity index (χ2v) is 4.48. The van der Waals surface area contributed by atoms with Gasteiger partial charge in [-0.05, 0) is 47.5 Å². The zero-order chi connectivity index (χ0) is 11.2. The number of nitrogens with zero attached hydrogens (tertiary/aromatic N) is 1. The van der Waals surface area contributed by atoms with E-state index in [1.807, 2.05) is 18.3 Å². The summed E-state index contributed by atoms with van der Waals surface area (Å²) >= 11 is 1.73. The van der Waals surface area contributed by atoms with E-state index in [1.54, 1.807) is 11.3 Å². The van der Waals surface area contributed by atoms with Gasteiger partial charge in [0.25, 0.3) is 0 Å². The van der Waals surface area contributed by atoms with Gasteiger partial charge in [0.15, 0.2) is 0 Å². The van der Waals surface area contributed by atoms with Gasteiger partial charge in [-0.15, -0.1) is 0 Å². The molecule has 1 N–H and O–H groups in total. The van der Waals surface area contributed by atoms with Crippen LogP contribution in [-0.2, 0) is 0 Å². The van der Waals surface area contributed by atoms with Crippen molar-refractivity contribution >= 4 is 11.3 Å². The van der Waals surface area contributed by atoms with Crippen molar-refractivity contribution in [1.29, 1.82) is 0 Å². The molecular formula is C13H16N2S. The Morgan fingerprint density at radius 2 is 2.31 bits per heavy atom. The molecule has 0 aliphatic carbocycles. The highest BCUT2D eigenvalue weighted by atomic mass is 32.1. The topological polar surface area (TPSA) is 24.9 Å². The molecule has 0 aliphatic heterocycles. The Balaban J connectivity index is 2.21. The lowest BCUT2D eigenvalue weighted by Gasteiger charge is -2.16. The first kappa shape index (κ1) is 11.3. The maximum Gasteiger partial charge on any atom is 0.0759 e. The Morgan fingerprint density at radius 1 is 1.38 bits per heavy atom. The van der Waals surface area contributed by atoms with E-state index in [2.05, 4.69) is 40.1 Å². The standard InChI is InChI=1S/C13H16N2S/c1-2-7-15-13(11-6-9-16-10-11)12-5-3-4-8-14-12/h3-6,8-10,13,15H,2,7H2,1H3. The minimum Gasteiger partial charge on any atom is -0.305 e. The van der Waals surface area contributed by atoms with Gasteiger partial charge < -0.3 is 5.32 Å². The molecule has 2 aromatic rings. The summed E-state index contributed by atoms with van der Waals surface area (Å²) in [6, 6.07) is 8.45. The third-order valence-corrected chi connectivity index (χ3v) is 3.16. The summed E-state index contributed by atoms with van der Waals surface area (Å²) in [5, 5.41) is 7.82. The molecule has 0 radical (unpaired) electrons. The van der Waals surface area contributed by atoms with Gasteiger partial charge in [-0.1, -0.05) is 13.0 Å². The van der Waals surface area contributed by atoms with Gasteiger partial charge in [-0.3, -0.25) is 4.98 Å². The first-order chi connectivity index (χ1) is 7.92. The molecule has 16 heavy (non-hydrogen) atoms. The van der Waals surface area contributed by atoms with Crippen LogP contribution in [0.2, 0.25) is 0 Å². The zero-order valence-electron chi connectivity index (χ0n) is 9.39. The minimum absolute atomic E-state index is 0.229. The van der Waals surface area contributed by atoms with Crippen molar-refractivity contribution in [1.82, 2.24) is 10.3 Å². The van der Waals surface area contributed by atoms with Crippen LogP contribution in [0.3, 0.4) is 0 Å². The Hall–Kier alpha value is -1.19. The molecule has 2 heterocycles. The summed E-state index contributed by atoms with van der Waals surface area (Å²) < 4.78 is 0. The number of hydrogen-bond donors (Lipinski definition) is 1. The number of nitrogens with one attached hydrogen (secondary N) is 1. The largest absolute Gasteiger partial charge is 0.305 e. The third kappa shape index (κ3) is 2.68. The normalized spacial score (nSPS) is 12.6. The van der Waals surface area contributed by atoms with Gasteiger partial charge in [-0.25, -0.2) is 0 Å². The maximum atomic E-state index is 4.43. The predicted molar refractivity (Wildman–Crippen MR) is 68.7 cm³/mol. The summed E-state index contributed by atoms with van der Waals surface area (Å²) in [5.41, 5.74) is 2.39. The molecule has 0 aliphatic rings. The van der Waals surface area contributed by atoms with Crippen LogP contribution >= 0.6 is 11.3 Å². The van der Waals surface area contributed by atoms with Crippen LogP contribution < -0.4 is 5.32 Å². The lowest BCUT2D eigenvalue weighted by molar-refractivity contribution is 0.588. The lowest BCUT2D eigenvalue weighted by atomic mass is 10.1. The molecular weight excluding hydrogens is 216 g/mol. The Morgan fingerprint density at radius 3 is 2.94 bits per heavy atom. The molecule has 0 bridgehead atoms. The summed E-state index contributed by atoms with van der Waals surface area (Å²) in [5.74, 6) is 0. The second-order valence-electron chi connectivity index (χ2n) is 3.70. The molecule has 84 valence electrons. The number of pyridine rings is 1. The fourth-order valence-electron chi connectivity index (χ4n) is 1.67. The van der Waals surface area contributed by atoms with Crippen molar-refractivity contribution in [2.75, 3.05) is 6.54 Å². The fraction of sp³-hybridized carbons (Fsp3) is 0.308. The molecule has 0 saturated carbocycles. The highest BCUT2D eigenvalue weighted by Gasteiger charge is 2.13. The monoisotopic (exact) mass is 232 g/mol. The summed E-state index contributed by atoms with van der Waals surface area (Å²) in [4.78, 5) is 4.43. The molecule has 3 heteroatoms. The van der Waals surface area contributed by atoms with Crippen LogP contribution in [0.5, 0.6) is 0 Å². The molecule has 0 amide bonds. The SMILES string of the molecule is CCCNC(c1ccsc1)c1ccccn1. The predicted octanol–water partition coefficient (Wildman–Crippen LogP) is 3.23. The van der Waals surface area contributed by atoms with E-state index >= 15 is 0 Å². The van der Waals surface area contributed by atoms with E-state index in [4.69, 9.17) is 0 Å². The molecule has 1 unspecified atom stereocenters. The van der Waals surface area contributed by atoms with Gasteiger partial charge in [0, 0.05) is 6.20 Å². The zero-order valence-corrected chi connectivity index (χ0v) is 10.2. The van der Waals surface area contributed by atoms with E-state index in [1.165, 1.54) is 5.56 Å². The van der Waals surface area contributed by atoms with E-state index in [0.717, 1.165) is 18.7 Å². The molecule has 1 atom stereocenters. The van der Waals surface area contributed by atoms with Crippen molar-refractivity contribution in [3.63, 3.8) is 0 Å². The molecule has 0 saturated heterocycles. The summed E-state index contributed by atoms with van der Waals surface area (Å²) in [6.07, 6.45) is 2.98. The van der Waals surface area contributed by atoms with Crippen molar-refractivity contribution < 1.29 is 0 Å².